The number of carbonyl (C=O) groups excluding carboxylic acids is 2. The molecule has 1 saturated carbocycles. The van der Waals surface area contributed by atoms with Crippen molar-refractivity contribution in [2.45, 2.75) is 50.0 Å². The van der Waals surface area contributed by atoms with Gasteiger partial charge in [-0.15, -0.1) is 0 Å². The van der Waals surface area contributed by atoms with E-state index in [1.165, 1.54) is 6.42 Å². The highest BCUT2D eigenvalue weighted by atomic mass is 32.2. The molecule has 0 aromatic heterocycles. The Morgan fingerprint density at radius 3 is 2.61 bits per heavy atom. The summed E-state index contributed by atoms with van der Waals surface area (Å²) in [5.41, 5.74) is 0.262. The molecule has 1 aromatic rings. The molecular weight excluding hydrogens is 314 g/mol. The van der Waals surface area contributed by atoms with E-state index in [1.807, 2.05) is 0 Å². The maximum Gasteiger partial charge on any atom is 0.339 e. The monoisotopic (exact) mass is 337 g/mol. The highest BCUT2D eigenvalue weighted by Crippen LogP contribution is 2.17. The molecule has 0 unspecified atom stereocenters. The first-order valence-electron chi connectivity index (χ1n) is 8.05. The molecule has 1 amide bonds. The molecule has 0 aliphatic heterocycles. The molecule has 0 radical (unpaired) electrons. The van der Waals surface area contributed by atoms with Gasteiger partial charge in [0.2, 0.25) is 0 Å². The Morgan fingerprint density at radius 2 is 1.91 bits per heavy atom. The number of esters is 1. The Hall–Kier alpha value is -1.69. The molecule has 0 bridgehead atoms. The number of carbonyl (C=O) groups is 2. The zero-order valence-corrected chi connectivity index (χ0v) is 14.2. The summed E-state index contributed by atoms with van der Waals surface area (Å²) in [7, 11) is -1.24. The molecule has 0 heterocycles. The highest BCUT2D eigenvalue weighted by Gasteiger charge is 2.19. The molecule has 1 aliphatic carbocycles. The standard InChI is InChI=1S/C17H23NO4S/c1-2-23(21)15-11-7-6-10-14(15)17(20)22-12-16(19)18-13-8-4-3-5-9-13/h6-7,10-11,13H,2-5,8-9,12H2,1H3,(H,18,19)/t23-/m1/s1. The fourth-order valence-corrected chi connectivity index (χ4v) is 3.65. The maximum absolute atomic E-state index is 12.1. The van der Waals surface area contributed by atoms with Crippen LogP contribution in [0, 0.1) is 0 Å². The van der Waals surface area contributed by atoms with Crippen LogP contribution in [0.5, 0.6) is 0 Å². The van der Waals surface area contributed by atoms with E-state index in [-0.39, 0.29) is 24.1 Å². The summed E-state index contributed by atoms with van der Waals surface area (Å²) in [6, 6.07) is 6.84. The zero-order valence-electron chi connectivity index (χ0n) is 13.4. The maximum atomic E-state index is 12.1. The van der Waals surface area contributed by atoms with E-state index in [9.17, 15) is 13.8 Å². The van der Waals surface area contributed by atoms with Crippen molar-refractivity contribution in [1.29, 1.82) is 0 Å². The van der Waals surface area contributed by atoms with E-state index >= 15 is 0 Å². The van der Waals surface area contributed by atoms with E-state index in [0.29, 0.717) is 10.6 Å². The minimum absolute atomic E-state index is 0.190. The molecule has 1 aromatic carbocycles. The minimum atomic E-state index is -1.24. The lowest BCUT2D eigenvalue weighted by Gasteiger charge is -2.22. The first-order chi connectivity index (χ1) is 11.1. The first-order valence-corrected chi connectivity index (χ1v) is 9.37. The first kappa shape index (κ1) is 17.7. The second-order valence-corrected chi connectivity index (χ2v) is 7.32. The molecule has 1 N–H and O–H groups in total. The Bertz CT molecular complexity index is 582. The molecule has 6 heteroatoms. The molecule has 1 aliphatic rings. The van der Waals surface area contributed by atoms with Crippen LogP contribution in [0.2, 0.25) is 0 Å². The fraction of sp³-hybridized carbons (Fsp3) is 0.529. The van der Waals surface area contributed by atoms with Crippen molar-refractivity contribution >= 4 is 22.7 Å². The van der Waals surface area contributed by atoms with Gasteiger partial charge < -0.3 is 10.1 Å². The predicted molar refractivity (Wildman–Crippen MR) is 88.7 cm³/mol. The third-order valence-corrected chi connectivity index (χ3v) is 5.29. The van der Waals surface area contributed by atoms with E-state index in [2.05, 4.69) is 5.32 Å². The third kappa shape index (κ3) is 5.16. The molecule has 1 fully saturated rings. The lowest BCUT2D eigenvalue weighted by atomic mass is 9.95. The van der Waals surface area contributed by atoms with Crippen LogP contribution < -0.4 is 5.32 Å². The molecule has 1 atom stereocenters. The van der Waals surface area contributed by atoms with E-state index in [1.54, 1.807) is 31.2 Å². The Balaban J connectivity index is 1.89. The van der Waals surface area contributed by atoms with Crippen LogP contribution >= 0.6 is 0 Å². The van der Waals surface area contributed by atoms with Gasteiger partial charge >= 0.3 is 5.97 Å². The number of benzene rings is 1. The molecule has 0 saturated heterocycles. The van der Waals surface area contributed by atoms with E-state index in [4.69, 9.17) is 4.74 Å². The SMILES string of the molecule is CC[S@@](=O)c1ccccc1C(=O)OCC(=O)NC1CCCCC1. The van der Waals surface area contributed by atoms with Gasteiger partial charge in [-0.1, -0.05) is 38.3 Å². The fourth-order valence-electron chi connectivity index (χ4n) is 2.71. The summed E-state index contributed by atoms with van der Waals surface area (Å²) >= 11 is 0. The number of nitrogens with one attached hydrogen (secondary N) is 1. The van der Waals surface area contributed by atoms with Gasteiger partial charge in [-0.05, 0) is 25.0 Å². The van der Waals surface area contributed by atoms with Gasteiger partial charge in [0.1, 0.15) is 0 Å². The summed E-state index contributed by atoms with van der Waals surface area (Å²) < 4.78 is 17.0. The van der Waals surface area contributed by atoms with Crippen LogP contribution in [-0.2, 0) is 20.3 Å². The van der Waals surface area contributed by atoms with Gasteiger partial charge in [0.05, 0.1) is 21.3 Å². The van der Waals surface area contributed by atoms with Gasteiger partial charge in [-0.25, -0.2) is 4.79 Å². The molecule has 5 nitrogen and oxygen atoms in total. The second-order valence-electron chi connectivity index (χ2n) is 5.61. The average molecular weight is 337 g/mol. The van der Waals surface area contributed by atoms with Crippen LogP contribution in [0.4, 0.5) is 0 Å². The second kappa shape index (κ2) is 8.82. The van der Waals surface area contributed by atoms with Crippen molar-refractivity contribution in [3.05, 3.63) is 29.8 Å². The highest BCUT2D eigenvalue weighted by molar-refractivity contribution is 7.85. The Kier molecular flexibility index (Phi) is 6.77. The van der Waals surface area contributed by atoms with Gasteiger partial charge in [-0.3, -0.25) is 9.00 Å². The topological polar surface area (TPSA) is 72.5 Å². The summed E-state index contributed by atoms with van der Waals surface area (Å²) in [6.07, 6.45) is 5.44. The van der Waals surface area contributed by atoms with Crippen molar-refractivity contribution in [1.82, 2.24) is 5.32 Å². The van der Waals surface area contributed by atoms with Crippen molar-refractivity contribution in [3.8, 4) is 0 Å². The largest absolute Gasteiger partial charge is 0.452 e. The molecule has 2 rings (SSSR count). The molecular formula is C17H23NO4S. The number of amides is 1. The van der Waals surface area contributed by atoms with Crippen LogP contribution in [0.3, 0.4) is 0 Å². The van der Waals surface area contributed by atoms with Crippen LogP contribution in [0.25, 0.3) is 0 Å². The van der Waals surface area contributed by atoms with Gasteiger partial charge in [0, 0.05) is 11.8 Å². The summed E-state index contributed by atoms with van der Waals surface area (Å²) in [5.74, 6) is -0.465. The number of rotatable bonds is 6. The summed E-state index contributed by atoms with van der Waals surface area (Å²) in [5, 5.41) is 2.90. The summed E-state index contributed by atoms with van der Waals surface area (Å²) in [6.45, 7) is 1.48. The quantitative estimate of drug-likeness (QED) is 0.809. The summed E-state index contributed by atoms with van der Waals surface area (Å²) in [4.78, 5) is 24.5. The average Bonchev–Trinajstić information content (AvgIpc) is 2.60. The van der Waals surface area contributed by atoms with Gasteiger partial charge in [0.15, 0.2) is 6.61 Å². The van der Waals surface area contributed by atoms with Crippen molar-refractivity contribution in [2.24, 2.45) is 0 Å². The van der Waals surface area contributed by atoms with Gasteiger partial charge in [0.25, 0.3) is 5.91 Å². The number of ether oxygens (including phenoxy) is 1. The van der Waals surface area contributed by atoms with Crippen LogP contribution in [0.15, 0.2) is 29.2 Å². The van der Waals surface area contributed by atoms with Crippen molar-refractivity contribution in [2.75, 3.05) is 12.4 Å². The van der Waals surface area contributed by atoms with Gasteiger partial charge in [-0.2, -0.15) is 0 Å². The predicted octanol–water partition coefficient (Wildman–Crippen LogP) is 2.42. The van der Waals surface area contributed by atoms with E-state index in [0.717, 1.165) is 25.7 Å². The number of hydrogen-bond donors (Lipinski definition) is 1. The lowest BCUT2D eigenvalue weighted by Crippen LogP contribution is -2.38. The third-order valence-electron chi connectivity index (χ3n) is 3.92. The Labute approximate surface area is 139 Å². The van der Waals surface area contributed by atoms with Crippen molar-refractivity contribution in [3.63, 3.8) is 0 Å². The lowest BCUT2D eigenvalue weighted by molar-refractivity contribution is -0.125. The normalized spacial score (nSPS) is 16.6. The van der Waals surface area contributed by atoms with Crippen LogP contribution in [-0.4, -0.2) is 34.5 Å². The zero-order chi connectivity index (χ0) is 16.7. The minimum Gasteiger partial charge on any atom is -0.452 e. The van der Waals surface area contributed by atoms with Crippen LogP contribution in [0.1, 0.15) is 49.4 Å². The van der Waals surface area contributed by atoms with Crippen molar-refractivity contribution < 1.29 is 18.5 Å². The Morgan fingerprint density at radius 1 is 1.22 bits per heavy atom. The molecule has 0 spiro atoms. The molecule has 126 valence electrons. The molecule has 23 heavy (non-hydrogen) atoms. The van der Waals surface area contributed by atoms with E-state index < -0.39 is 16.8 Å². The smallest absolute Gasteiger partial charge is 0.339 e. The number of hydrogen-bond acceptors (Lipinski definition) is 4.